The lowest BCUT2D eigenvalue weighted by atomic mass is 9.85. The summed E-state index contributed by atoms with van der Waals surface area (Å²) < 4.78 is 89.0. The van der Waals surface area contributed by atoms with E-state index in [-0.39, 0.29) is 17.1 Å². The number of amides is 1. The summed E-state index contributed by atoms with van der Waals surface area (Å²) in [7, 11) is 0. The maximum atomic E-state index is 14.5. The number of hydrogen-bond donors (Lipinski definition) is 2. The van der Waals surface area contributed by atoms with Crippen LogP contribution in [0.2, 0.25) is 0 Å². The van der Waals surface area contributed by atoms with E-state index in [1.807, 2.05) is 0 Å². The molecule has 0 spiro atoms. The normalized spacial score (nSPS) is 20.2. The van der Waals surface area contributed by atoms with Gasteiger partial charge in [0.05, 0.1) is 6.20 Å². The molecule has 13 heteroatoms. The second kappa shape index (κ2) is 8.20. The van der Waals surface area contributed by atoms with Crippen molar-refractivity contribution in [2.75, 3.05) is 18.5 Å². The van der Waals surface area contributed by atoms with Gasteiger partial charge in [0.25, 0.3) is 11.9 Å². The highest BCUT2D eigenvalue weighted by atomic mass is 19.4. The summed E-state index contributed by atoms with van der Waals surface area (Å²) in [5.41, 5.74) is 2.21. The molecule has 0 radical (unpaired) electrons. The van der Waals surface area contributed by atoms with Gasteiger partial charge >= 0.3 is 12.1 Å². The molecule has 0 saturated heterocycles. The Kier molecular flexibility index (Phi) is 5.94. The van der Waals surface area contributed by atoms with Crippen molar-refractivity contribution < 1.29 is 40.6 Å². The lowest BCUT2D eigenvalue weighted by Gasteiger charge is -2.37. The molecule has 1 amide bonds. The van der Waals surface area contributed by atoms with Gasteiger partial charge in [0.2, 0.25) is 0 Å². The van der Waals surface area contributed by atoms with Gasteiger partial charge in [-0.15, -0.1) is 0 Å². The summed E-state index contributed by atoms with van der Waals surface area (Å²) in [5.74, 6) is -5.65. The number of ether oxygens (including phenoxy) is 2. The van der Waals surface area contributed by atoms with Crippen molar-refractivity contribution in [2.45, 2.75) is 24.6 Å². The molecule has 0 unspecified atom stereocenters. The smallest absolute Gasteiger partial charge is 0.422 e. The topological polar surface area (TPSA) is 98.8 Å². The number of nitrogens with two attached hydrogens (primary N) is 1. The van der Waals surface area contributed by atoms with Crippen LogP contribution in [0.3, 0.4) is 0 Å². The van der Waals surface area contributed by atoms with Gasteiger partial charge < -0.3 is 20.5 Å². The predicted octanol–water partition coefficient (Wildman–Crippen LogP) is 3.61. The van der Waals surface area contributed by atoms with Gasteiger partial charge in [-0.05, 0) is 37.3 Å². The molecule has 3 rings (SSSR count). The van der Waals surface area contributed by atoms with Gasteiger partial charge in [-0.25, -0.2) is 14.4 Å². The van der Waals surface area contributed by atoms with Crippen molar-refractivity contribution in [1.82, 2.24) is 4.98 Å². The average Bonchev–Trinajstić information content (AvgIpc) is 2.71. The molecular weight excluding hydrogens is 446 g/mol. The van der Waals surface area contributed by atoms with E-state index in [1.165, 1.54) is 0 Å². The minimum absolute atomic E-state index is 0.0529. The summed E-state index contributed by atoms with van der Waals surface area (Å²) in [4.78, 5) is 19.7. The quantitative estimate of drug-likeness (QED) is 0.662. The number of aliphatic imine (C=N–C) groups is 1. The first-order valence-electron chi connectivity index (χ1n) is 8.94. The number of carbonyl (C=O) groups is 1. The van der Waals surface area contributed by atoms with Crippen LogP contribution < -0.4 is 15.8 Å². The van der Waals surface area contributed by atoms with Crippen molar-refractivity contribution >= 4 is 17.6 Å². The molecule has 0 saturated carbocycles. The molecule has 172 valence electrons. The molecule has 1 aliphatic heterocycles. The minimum atomic E-state index is -4.54. The van der Waals surface area contributed by atoms with Crippen LogP contribution in [-0.4, -0.2) is 42.2 Å². The van der Waals surface area contributed by atoms with Gasteiger partial charge in [0, 0.05) is 11.3 Å². The zero-order valence-corrected chi connectivity index (χ0v) is 16.3. The van der Waals surface area contributed by atoms with Crippen molar-refractivity contribution in [3.05, 3.63) is 53.6 Å². The zero-order valence-electron chi connectivity index (χ0n) is 16.3. The maximum Gasteiger partial charge on any atom is 0.422 e. The number of alkyl halides is 5. The standard InChI is InChI=1S/C19H16F6N4O3/c1-17(18(21,22)8-32-16(26)29-17)12-6-10(2-4-13(12)20)28-15(30)14-5-3-11(7-27-14)31-9-19(23,24)25/h2-7H,8-9H2,1H3,(H2,26,29)(H,28,30)/t17-/m1/s1. The first kappa shape index (κ1) is 23.2. The molecular formula is C19H16F6N4O3. The Morgan fingerprint density at radius 2 is 2.00 bits per heavy atom. The first-order valence-corrected chi connectivity index (χ1v) is 8.94. The maximum absolute atomic E-state index is 14.5. The lowest BCUT2D eigenvalue weighted by molar-refractivity contribution is -0.153. The Morgan fingerprint density at radius 1 is 1.28 bits per heavy atom. The van der Waals surface area contributed by atoms with Crippen LogP contribution in [0.15, 0.2) is 41.5 Å². The molecule has 1 aliphatic rings. The van der Waals surface area contributed by atoms with Crippen LogP contribution in [0, 0.1) is 5.82 Å². The van der Waals surface area contributed by atoms with E-state index in [2.05, 4.69) is 24.8 Å². The predicted molar refractivity (Wildman–Crippen MR) is 100 cm³/mol. The Morgan fingerprint density at radius 3 is 2.62 bits per heavy atom. The van der Waals surface area contributed by atoms with Crippen LogP contribution in [0.25, 0.3) is 0 Å². The number of benzene rings is 1. The molecule has 32 heavy (non-hydrogen) atoms. The van der Waals surface area contributed by atoms with E-state index < -0.39 is 54.2 Å². The van der Waals surface area contributed by atoms with Gasteiger partial charge in [-0.1, -0.05) is 0 Å². The Hall–Kier alpha value is -3.51. The number of nitrogens with one attached hydrogen (secondary N) is 1. The first-order chi connectivity index (χ1) is 14.8. The third kappa shape index (κ3) is 4.86. The number of rotatable bonds is 5. The Labute approximate surface area is 177 Å². The highest BCUT2D eigenvalue weighted by Gasteiger charge is 2.56. The fraction of sp³-hybridized carbons (Fsp3) is 0.316. The van der Waals surface area contributed by atoms with Crippen LogP contribution >= 0.6 is 0 Å². The fourth-order valence-electron chi connectivity index (χ4n) is 2.83. The monoisotopic (exact) mass is 462 g/mol. The van der Waals surface area contributed by atoms with Gasteiger partial charge in [-0.3, -0.25) is 4.79 Å². The number of anilines is 1. The number of pyridine rings is 1. The number of aromatic nitrogens is 1. The number of halogens is 6. The molecule has 1 aromatic heterocycles. The number of carbonyl (C=O) groups excluding carboxylic acids is 1. The van der Waals surface area contributed by atoms with Crippen molar-refractivity contribution in [3.63, 3.8) is 0 Å². The SMILES string of the molecule is C[C@]1(c2cc(NC(=O)c3ccc(OCC(F)(F)F)cn3)ccc2F)N=C(N)OCC1(F)F. The summed E-state index contributed by atoms with van der Waals surface area (Å²) >= 11 is 0. The third-order valence-electron chi connectivity index (χ3n) is 4.57. The second-order valence-electron chi connectivity index (χ2n) is 6.95. The second-order valence-corrected chi connectivity index (χ2v) is 6.95. The summed E-state index contributed by atoms with van der Waals surface area (Å²) in [6.45, 7) is -1.66. The van der Waals surface area contributed by atoms with Gasteiger partial charge in [-0.2, -0.15) is 22.0 Å². The average molecular weight is 462 g/mol. The van der Waals surface area contributed by atoms with Gasteiger partial charge in [0.15, 0.2) is 18.8 Å². The summed E-state index contributed by atoms with van der Waals surface area (Å²) in [5, 5.41) is 2.35. The fourth-order valence-corrected chi connectivity index (χ4v) is 2.83. The lowest BCUT2D eigenvalue weighted by Crippen LogP contribution is -2.51. The van der Waals surface area contributed by atoms with Crippen molar-refractivity contribution in [3.8, 4) is 5.75 Å². The molecule has 1 aromatic carbocycles. The molecule has 2 aromatic rings. The molecule has 2 heterocycles. The van der Waals surface area contributed by atoms with E-state index in [0.29, 0.717) is 0 Å². The van der Waals surface area contributed by atoms with Crippen LogP contribution in [0.5, 0.6) is 5.75 Å². The molecule has 1 atom stereocenters. The zero-order chi connectivity index (χ0) is 23.7. The molecule has 0 fully saturated rings. The molecule has 7 nitrogen and oxygen atoms in total. The van der Waals surface area contributed by atoms with E-state index >= 15 is 0 Å². The van der Waals surface area contributed by atoms with E-state index in [9.17, 15) is 31.1 Å². The number of amidine groups is 1. The van der Waals surface area contributed by atoms with E-state index in [4.69, 9.17) is 5.73 Å². The largest absolute Gasteiger partial charge is 0.483 e. The Bertz CT molecular complexity index is 1040. The van der Waals surface area contributed by atoms with Crippen molar-refractivity contribution in [1.29, 1.82) is 0 Å². The third-order valence-corrected chi connectivity index (χ3v) is 4.57. The minimum Gasteiger partial charge on any atom is -0.483 e. The summed E-state index contributed by atoms with van der Waals surface area (Å²) in [6.07, 6.45) is -3.62. The summed E-state index contributed by atoms with van der Waals surface area (Å²) in [6, 6.07) is 4.64. The van der Waals surface area contributed by atoms with Gasteiger partial charge in [0.1, 0.15) is 17.3 Å². The van der Waals surface area contributed by atoms with Crippen LogP contribution in [0.4, 0.5) is 32.0 Å². The highest BCUT2D eigenvalue weighted by Crippen LogP contribution is 2.44. The van der Waals surface area contributed by atoms with Crippen LogP contribution in [-0.2, 0) is 10.3 Å². The highest BCUT2D eigenvalue weighted by molar-refractivity contribution is 6.02. The van der Waals surface area contributed by atoms with Crippen LogP contribution in [0.1, 0.15) is 23.0 Å². The van der Waals surface area contributed by atoms with E-state index in [0.717, 1.165) is 43.5 Å². The number of nitrogens with zero attached hydrogens (tertiary/aromatic N) is 2. The molecule has 3 N–H and O–H groups in total. The van der Waals surface area contributed by atoms with E-state index in [1.54, 1.807) is 0 Å². The molecule has 0 bridgehead atoms. The number of hydrogen-bond acceptors (Lipinski definition) is 6. The Balaban J connectivity index is 1.80. The van der Waals surface area contributed by atoms with Crippen molar-refractivity contribution in [2.24, 2.45) is 10.7 Å². The molecule has 0 aliphatic carbocycles.